The Morgan fingerprint density at radius 1 is 0.935 bits per heavy atom. The predicted octanol–water partition coefficient (Wildman–Crippen LogP) is 3.93. The number of hydrogen-bond donors (Lipinski definition) is 1. The molecular formula is C23H24N2O5S. The fraction of sp³-hybridized carbons (Fsp3) is 0.174. The van der Waals surface area contributed by atoms with E-state index in [1.54, 1.807) is 66.7 Å². The van der Waals surface area contributed by atoms with Gasteiger partial charge in [-0.25, -0.2) is 8.42 Å². The van der Waals surface area contributed by atoms with Crippen molar-refractivity contribution in [1.82, 2.24) is 0 Å². The number of nitrogens with one attached hydrogen (secondary N) is 1. The highest BCUT2D eigenvalue weighted by atomic mass is 32.2. The maximum Gasteiger partial charge on any atom is 0.264 e. The molecule has 0 heterocycles. The third kappa shape index (κ3) is 5.55. The van der Waals surface area contributed by atoms with Crippen LogP contribution in [0.4, 0.5) is 11.4 Å². The Bertz CT molecular complexity index is 1130. The normalized spacial score (nSPS) is 10.9. The van der Waals surface area contributed by atoms with Crippen LogP contribution >= 0.6 is 0 Å². The quantitative estimate of drug-likeness (QED) is 0.545. The van der Waals surface area contributed by atoms with Gasteiger partial charge in [-0.3, -0.25) is 9.10 Å². The van der Waals surface area contributed by atoms with Gasteiger partial charge in [0.15, 0.2) is 0 Å². The molecule has 3 aromatic carbocycles. The summed E-state index contributed by atoms with van der Waals surface area (Å²) in [5.41, 5.74) is 0.833. The Hall–Kier alpha value is -3.52. The summed E-state index contributed by atoms with van der Waals surface area (Å²) in [5, 5.41) is 2.74. The van der Waals surface area contributed by atoms with E-state index in [1.165, 1.54) is 19.2 Å². The minimum Gasteiger partial charge on any atom is -0.497 e. The number of benzene rings is 3. The zero-order chi connectivity index (χ0) is 22.3. The highest BCUT2D eigenvalue weighted by Crippen LogP contribution is 2.27. The number of anilines is 2. The van der Waals surface area contributed by atoms with Gasteiger partial charge in [-0.1, -0.05) is 30.3 Å². The third-order valence-corrected chi connectivity index (χ3v) is 6.18. The summed E-state index contributed by atoms with van der Waals surface area (Å²) < 4.78 is 38.4. The van der Waals surface area contributed by atoms with Crippen LogP contribution < -0.4 is 19.1 Å². The molecule has 0 aromatic heterocycles. The summed E-state index contributed by atoms with van der Waals surface area (Å²) in [6, 6.07) is 21.5. The molecule has 7 nitrogen and oxygen atoms in total. The summed E-state index contributed by atoms with van der Waals surface area (Å²) in [6.45, 7) is 1.95. The van der Waals surface area contributed by atoms with E-state index in [9.17, 15) is 13.2 Å². The molecule has 0 bridgehead atoms. The number of ether oxygens (including phenoxy) is 2. The van der Waals surface area contributed by atoms with Gasteiger partial charge in [-0.05, 0) is 43.3 Å². The van der Waals surface area contributed by atoms with E-state index in [-0.39, 0.29) is 4.90 Å². The molecule has 1 amide bonds. The van der Waals surface area contributed by atoms with E-state index in [1.807, 2.05) is 6.92 Å². The molecule has 0 aliphatic heterocycles. The SMILES string of the molecule is CCOc1cccc(NC(=O)CN(c2cccc(OC)c2)S(=O)(=O)c2ccccc2)c1. The van der Waals surface area contributed by atoms with Crippen molar-refractivity contribution < 1.29 is 22.7 Å². The Balaban J connectivity index is 1.91. The molecular weight excluding hydrogens is 416 g/mol. The minimum atomic E-state index is -3.99. The zero-order valence-corrected chi connectivity index (χ0v) is 18.1. The molecule has 0 atom stereocenters. The van der Waals surface area contributed by atoms with Gasteiger partial charge in [0, 0.05) is 17.8 Å². The molecule has 8 heteroatoms. The lowest BCUT2D eigenvalue weighted by Crippen LogP contribution is -2.38. The van der Waals surface area contributed by atoms with Crippen molar-refractivity contribution in [3.63, 3.8) is 0 Å². The second-order valence-electron chi connectivity index (χ2n) is 6.54. The Morgan fingerprint density at radius 2 is 1.65 bits per heavy atom. The first-order valence-corrected chi connectivity index (χ1v) is 11.1. The third-order valence-electron chi connectivity index (χ3n) is 4.39. The number of hydrogen-bond acceptors (Lipinski definition) is 5. The monoisotopic (exact) mass is 440 g/mol. The van der Waals surface area contributed by atoms with Gasteiger partial charge in [0.25, 0.3) is 10.0 Å². The van der Waals surface area contributed by atoms with Crippen LogP contribution in [-0.2, 0) is 14.8 Å². The van der Waals surface area contributed by atoms with E-state index in [4.69, 9.17) is 9.47 Å². The first kappa shape index (κ1) is 22.2. The molecule has 0 spiro atoms. The summed E-state index contributed by atoms with van der Waals surface area (Å²) in [4.78, 5) is 12.9. The van der Waals surface area contributed by atoms with Gasteiger partial charge in [-0.2, -0.15) is 0 Å². The van der Waals surface area contributed by atoms with E-state index < -0.39 is 22.5 Å². The van der Waals surface area contributed by atoms with E-state index in [2.05, 4.69) is 5.32 Å². The number of rotatable bonds is 9. The summed E-state index contributed by atoms with van der Waals surface area (Å²) in [5.74, 6) is 0.605. The van der Waals surface area contributed by atoms with Crippen molar-refractivity contribution in [2.24, 2.45) is 0 Å². The number of nitrogens with zero attached hydrogens (tertiary/aromatic N) is 1. The van der Waals surface area contributed by atoms with Crippen LogP contribution in [0.3, 0.4) is 0 Å². The lowest BCUT2D eigenvalue weighted by atomic mass is 10.3. The lowest BCUT2D eigenvalue weighted by molar-refractivity contribution is -0.114. The molecule has 0 saturated carbocycles. The van der Waals surface area contributed by atoms with E-state index in [0.29, 0.717) is 29.5 Å². The molecule has 162 valence electrons. The van der Waals surface area contributed by atoms with Gasteiger partial charge in [0.2, 0.25) is 5.91 Å². The van der Waals surface area contributed by atoms with Crippen molar-refractivity contribution in [1.29, 1.82) is 0 Å². The Kier molecular flexibility index (Phi) is 7.15. The fourth-order valence-corrected chi connectivity index (χ4v) is 4.40. The average molecular weight is 441 g/mol. The molecule has 0 aliphatic carbocycles. The van der Waals surface area contributed by atoms with E-state index >= 15 is 0 Å². The number of carbonyl (C=O) groups is 1. The van der Waals surface area contributed by atoms with Crippen molar-refractivity contribution >= 4 is 27.3 Å². The second-order valence-corrected chi connectivity index (χ2v) is 8.40. The smallest absolute Gasteiger partial charge is 0.264 e. The molecule has 0 radical (unpaired) electrons. The Labute approximate surface area is 182 Å². The zero-order valence-electron chi connectivity index (χ0n) is 17.3. The second kappa shape index (κ2) is 9.99. The molecule has 31 heavy (non-hydrogen) atoms. The van der Waals surface area contributed by atoms with Gasteiger partial charge in [-0.15, -0.1) is 0 Å². The van der Waals surface area contributed by atoms with Gasteiger partial charge in [0.1, 0.15) is 18.0 Å². The molecule has 3 aromatic rings. The van der Waals surface area contributed by atoms with Crippen molar-refractivity contribution in [3.8, 4) is 11.5 Å². The summed E-state index contributed by atoms with van der Waals surface area (Å²) >= 11 is 0. The highest BCUT2D eigenvalue weighted by Gasteiger charge is 2.27. The molecule has 0 aliphatic rings. The first-order chi connectivity index (χ1) is 14.9. The van der Waals surface area contributed by atoms with Crippen LogP contribution in [0.2, 0.25) is 0 Å². The standard InChI is InChI=1S/C23H24N2O5S/c1-3-30-21-12-7-9-18(15-21)24-23(26)17-25(19-10-8-11-20(16-19)29-2)31(27,28)22-13-5-4-6-14-22/h4-16H,3,17H2,1-2H3,(H,24,26). The molecule has 0 saturated heterocycles. The van der Waals surface area contributed by atoms with Crippen LogP contribution in [0.5, 0.6) is 11.5 Å². The van der Waals surface area contributed by atoms with Gasteiger partial charge >= 0.3 is 0 Å². The molecule has 1 N–H and O–H groups in total. The fourth-order valence-electron chi connectivity index (χ4n) is 2.96. The maximum atomic E-state index is 13.3. The van der Waals surface area contributed by atoms with Crippen LogP contribution in [0.25, 0.3) is 0 Å². The first-order valence-electron chi connectivity index (χ1n) is 9.68. The largest absolute Gasteiger partial charge is 0.497 e. The minimum absolute atomic E-state index is 0.0870. The van der Waals surface area contributed by atoms with Crippen LogP contribution in [0, 0.1) is 0 Å². The predicted molar refractivity (Wildman–Crippen MR) is 120 cm³/mol. The molecule has 3 rings (SSSR count). The van der Waals surface area contributed by atoms with E-state index in [0.717, 1.165) is 4.31 Å². The number of amides is 1. The summed E-state index contributed by atoms with van der Waals surface area (Å²) in [7, 11) is -2.50. The lowest BCUT2D eigenvalue weighted by Gasteiger charge is -2.24. The molecule has 0 fully saturated rings. The van der Waals surface area contributed by atoms with Crippen LogP contribution in [-0.4, -0.2) is 34.6 Å². The number of methoxy groups -OCH3 is 1. The van der Waals surface area contributed by atoms with Gasteiger partial charge < -0.3 is 14.8 Å². The number of sulfonamides is 1. The summed E-state index contributed by atoms with van der Waals surface area (Å²) in [6.07, 6.45) is 0. The molecule has 0 unspecified atom stereocenters. The van der Waals surface area contributed by atoms with Crippen molar-refractivity contribution in [2.75, 3.05) is 29.9 Å². The van der Waals surface area contributed by atoms with Crippen LogP contribution in [0.1, 0.15) is 6.92 Å². The van der Waals surface area contributed by atoms with Crippen LogP contribution in [0.15, 0.2) is 83.8 Å². The maximum absolute atomic E-state index is 13.3. The number of carbonyl (C=O) groups excluding carboxylic acids is 1. The highest BCUT2D eigenvalue weighted by molar-refractivity contribution is 7.92. The average Bonchev–Trinajstić information content (AvgIpc) is 2.78. The van der Waals surface area contributed by atoms with Crippen molar-refractivity contribution in [3.05, 3.63) is 78.9 Å². The van der Waals surface area contributed by atoms with Crippen molar-refractivity contribution in [2.45, 2.75) is 11.8 Å². The van der Waals surface area contributed by atoms with Gasteiger partial charge in [0.05, 0.1) is 24.3 Å². The topological polar surface area (TPSA) is 84.9 Å². The Morgan fingerprint density at radius 3 is 2.35 bits per heavy atom.